The van der Waals surface area contributed by atoms with Gasteiger partial charge in [-0.25, -0.2) is 0 Å². The van der Waals surface area contributed by atoms with Crippen molar-refractivity contribution in [3.05, 3.63) is 27.9 Å². The van der Waals surface area contributed by atoms with Crippen molar-refractivity contribution < 1.29 is 0 Å². The van der Waals surface area contributed by atoms with E-state index in [0.29, 0.717) is 25.2 Å². The molecule has 0 saturated heterocycles. The number of hydrogen-bond acceptors (Lipinski definition) is 4. The molecule has 5 nitrogen and oxygen atoms in total. The van der Waals surface area contributed by atoms with Crippen LogP contribution in [0.4, 0.5) is 0 Å². The Morgan fingerprint density at radius 2 is 1.87 bits per heavy atom. The zero-order valence-corrected chi connectivity index (χ0v) is 8.83. The summed E-state index contributed by atoms with van der Waals surface area (Å²) in [4.78, 5) is 18.5. The highest BCUT2D eigenvalue weighted by Crippen LogP contribution is 1.96. The maximum Gasteiger partial charge on any atom is 0.269 e. The average Bonchev–Trinajstić information content (AvgIpc) is 2.25. The van der Waals surface area contributed by atoms with E-state index in [4.69, 9.17) is 11.5 Å². The van der Waals surface area contributed by atoms with Gasteiger partial charge in [-0.1, -0.05) is 0 Å². The molecule has 15 heavy (non-hydrogen) atoms. The second-order valence-corrected chi connectivity index (χ2v) is 3.47. The molecule has 0 spiro atoms. The average molecular weight is 210 g/mol. The number of aromatic nitrogens is 2. The smallest absolute Gasteiger partial charge is 0.269 e. The molecule has 1 aromatic heterocycles. The quantitative estimate of drug-likeness (QED) is 0.592. The first kappa shape index (κ1) is 11.9. The Bertz CT molecular complexity index is 348. The molecule has 0 aliphatic rings. The van der Waals surface area contributed by atoms with Gasteiger partial charge in [0.25, 0.3) is 5.56 Å². The fraction of sp³-hybridized carbons (Fsp3) is 0.600. The minimum Gasteiger partial charge on any atom is -0.330 e. The Labute approximate surface area is 88.9 Å². The maximum atomic E-state index is 11.5. The van der Waals surface area contributed by atoms with Crippen LogP contribution in [-0.2, 0) is 12.8 Å². The maximum absolute atomic E-state index is 11.5. The number of aryl methyl sites for hydroxylation is 2. The molecule has 0 bridgehead atoms. The summed E-state index contributed by atoms with van der Waals surface area (Å²) in [6, 6.07) is 0. The fourth-order valence-electron chi connectivity index (χ4n) is 1.33. The van der Waals surface area contributed by atoms with Crippen molar-refractivity contribution in [3.63, 3.8) is 0 Å². The molecule has 0 fully saturated rings. The topological polar surface area (TPSA) is 97.8 Å². The van der Waals surface area contributed by atoms with E-state index in [9.17, 15) is 4.79 Å². The van der Waals surface area contributed by atoms with E-state index in [2.05, 4.69) is 9.97 Å². The van der Waals surface area contributed by atoms with Crippen LogP contribution < -0.4 is 17.0 Å². The molecular formula is C10H18N4O. The van der Waals surface area contributed by atoms with Crippen LogP contribution in [0.3, 0.4) is 0 Å². The van der Waals surface area contributed by atoms with E-state index in [0.717, 1.165) is 25.0 Å². The van der Waals surface area contributed by atoms with Gasteiger partial charge < -0.3 is 16.5 Å². The minimum atomic E-state index is -0.0991. The predicted octanol–water partition coefficient (Wildman–Crippen LogP) is -0.447. The Morgan fingerprint density at radius 3 is 2.47 bits per heavy atom. The van der Waals surface area contributed by atoms with Gasteiger partial charge in [-0.2, -0.15) is 0 Å². The van der Waals surface area contributed by atoms with Gasteiger partial charge in [0.05, 0.1) is 0 Å². The van der Waals surface area contributed by atoms with Crippen LogP contribution in [0, 0.1) is 0 Å². The molecule has 0 saturated carbocycles. The highest BCUT2D eigenvalue weighted by molar-refractivity contribution is 5.03. The van der Waals surface area contributed by atoms with Crippen molar-refractivity contribution in [2.75, 3.05) is 13.1 Å². The van der Waals surface area contributed by atoms with Gasteiger partial charge in [0.2, 0.25) is 0 Å². The molecule has 5 heteroatoms. The third kappa shape index (κ3) is 3.81. The van der Waals surface area contributed by atoms with E-state index in [1.807, 2.05) is 0 Å². The molecule has 0 aliphatic carbocycles. The van der Waals surface area contributed by atoms with E-state index < -0.39 is 0 Å². The summed E-state index contributed by atoms with van der Waals surface area (Å²) in [5, 5.41) is 0. The van der Waals surface area contributed by atoms with Crippen molar-refractivity contribution in [1.29, 1.82) is 0 Å². The molecule has 0 aliphatic heterocycles. The van der Waals surface area contributed by atoms with Gasteiger partial charge in [0.15, 0.2) is 0 Å². The van der Waals surface area contributed by atoms with E-state index >= 15 is 0 Å². The number of hydrogen-bond donors (Lipinski definition) is 3. The van der Waals surface area contributed by atoms with Gasteiger partial charge in [-0.3, -0.25) is 9.78 Å². The summed E-state index contributed by atoms with van der Waals surface area (Å²) >= 11 is 0. The minimum absolute atomic E-state index is 0.0991. The third-order valence-corrected chi connectivity index (χ3v) is 2.18. The second kappa shape index (κ2) is 6.31. The number of H-pyrrole nitrogens is 1. The largest absolute Gasteiger partial charge is 0.330 e. The summed E-state index contributed by atoms with van der Waals surface area (Å²) in [6.07, 6.45) is 4.78. The van der Waals surface area contributed by atoms with Crippen LogP contribution in [0.1, 0.15) is 24.2 Å². The number of rotatable bonds is 6. The van der Waals surface area contributed by atoms with E-state index in [-0.39, 0.29) is 5.56 Å². The second-order valence-electron chi connectivity index (χ2n) is 3.47. The van der Waals surface area contributed by atoms with Crippen LogP contribution in [0.25, 0.3) is 0 Å². The molecule has 5 N–H and O–H groups in total. The molecular weight excluding hydrogens is 192 g/mol. The molecule has 0 aromatic carbocycles. The van der Waals surface area contributed by atoms with Gasteiger partial charge in [0, 0.05) is 11.9 Å². The lowest BCUT2D eigenvalue weighted by molar-refractivity contribution is 0.764. The standard InChI is InChI=1S/C10H18N4O/c11-5-1-3-8-7-13-9(4-2-6-12)10(15)14-8/h7H,1-6,11-12H2,(H,14,15). The van der Waals surface area contributed by atoms with Crippen molar-refractivity contribution in [2.24, 2.45) is 11.5 Å². The van der Waals surface area contributed by atoms with Crippen LogP contribution in [0.15, 0.2) is 11.0 Å². The fourth-order valence-corrected chi connectivity index (χ4v) is 1.33. The number of aromatic amines is 1. The molecule has 0 atom stereocenters. The van der Waals surface area contributed by atoms with Crippen molar-refractivity contribution in [2.45, 2.75) is 25.7 Å². The zero-order chi connectivity index (χ0) is 11.1. The van der Waals surface area contributed by atoms with Gasteiger partial charge in [-0.15, -0.1) is 0 Å². The monoisotopic (exact) mass is 210 g/mol. The predicted molar refractivity (Wildman–Crippen MR) is 59.6 cm³/mol. The van der Waals surface area contributed by atoms with Crippen LogP contribution in [-0.4, -0.2) is 23.1 Å². The number of nitrogens with zero attached hydrogens (tertiary/aromatic N) is 1. The normalized spacial score (nSPS) is 10.5. The summed E-state index contributed by atoms with van der Waals surface area (Å²) in [5.41, 5.74) is 12.1. The van der Waals surface area contributed by atoms with E-state index in [1.54, 1.807) is 6.20 Å². The Hall–Kier alpha value is -1.20. The summed E-state index contributed by atoms with van der Waals surface area (Å²) in [6.45, 7) is 1.20. The van der Waals surface area contributed by atoms with Crippen molar-refractivity contribution in [3.8, 4) is 0 Å². The highest BCUT2D eigenvalue weighted by Gasteiger charge is 2.02. The zero-order valence-electron chi connectivity index (χ0n) is 8.83. The molecule has 1 heterocycles. The van der Waals surface area contributed by atoms with Crippen LogP contribution in [0.5, 0.6) is 0 Å². The highest BCUT2D eigenvalue weighted by atomic mass is 16.1. The Balaban J connectivity index is 2.66. The first-order valence-electron chi connectivity index (χ1n) is 5.25. The van der Waals surface area contributed by atoms with Gasteiger partial charge in [0.1, 0.15) is 5.69 Å². The summed E-state index contributed by atoms with van der Waals surface area (Å²) in [5.74, 6) is 0. The van der Waals surface area contributed by atoms with Crippen molar-refractivity contribution in [1.82, 2.24) is 9.97 Å². The van der Waals surface area contributed by atoms with Gasteiger partial charge in [-0.05, 0) is 38.8 Å². The lowest BCUT2D eigenvalue weighted by Gasteiger charge is -2.01. The van der Waals surface area contributed by atoms with E-state index in [1.165, 1.54) is 0 Å². The third-order valence-electron chi connectivity index (χ3n) is 2.18. The number of nitrogens with two attached hydrogens (primary N) is 2. The molecule has 1 aromatic rings. The first-order valence-corrected chi connectivity index (χ1v) is 5.25. The molecule has 0 radical (unpaired) electrons. The van der Waals surface area contributed by atoms with Crippen molar-refractivity contribution >= 4 is 0 Å². The lowest BCUT2D eigenvalue weighted by Crippen LogP contribution is -2.18. The van der Waals surface area contributed by atoms with Crippen LogP contribution >= 0.6 is 0 Å². The summed E-state index contributed by atoms with van der Waals surface area (Å²) < 4.78 is 0. The lowest BCUT2D eigenvalue weighted by atomic mass is 10.2. The molecule has 1 rings (SSSR count). The first-order chi connectivity index (χ1) is 7.27. The summed E-state index contributed by atoms with van der Waals surface area (Å²) in [7, 11) is 0. The molecule has 0 amide bonds. The molecule has 0 unspecified atom stereocenters. The Morgan fingerprint density at radius 1 is 1.20 bits per heavy atom. The number of nitrogens with one attached hydrogen (secondary N) is 1. The Kier molecular flexibility index (Phi) is 5.00. The molecule has 84 valence electrons. The van der Waals surface area contributed by atoms with Crippen LogP contribution in [0.2, 0.25) is 0 Å². The van der Waals surface area contributed by atoms with Gasteiger partial charge >= 0.3 is 0 Å². The SMILES string of the molecule is NCCCc1cnc(CCCN)c(=O)[nH]1.